The van der Waals surface area contributed by atoms with E-state index in [1.54, 1.807) is 13.0 Å². The number of alkyl halides is 3. The molecule has 0 aliphatic rings. The number of amides is 1. The Kier molecular flexibility index (Phi) is 6.54. The zero-order valence-electron chi connectivity index (χ0n) is 17.2. The van der Waals surface area contributed by atoms with E-state index < -0.39 is 35.9 Å². The molecule has 3 aromatic rings. The minimum absolute atomic E-state index is 0.0475. The van der Waals surface area contributed by atoms with Crippen molar-refractivity contribution in [1.29, 1.82) is 0 Å². The van der Waals surface area contributed by atoms with Gasteiger partial charge in [-0.15, -0.1) is 0 Å². The predicted octanol–water partition coefficient (Wildman–Crippen LogP) is 3.90. The van der Waals surface area contributed by atoms with Gasteiger partial charge in [-0.25, -0.2) is 4.39 Å². The first-order valence-corrected chi connectivity index (χ1v) is 9.55. The summed E-state index contributed by atoms with van der Waals surface area (Å²) in [6.07, 6.45) is -3.75. The Hall–Kier alpha value is -3.40. The number of aliphatic hydroxyl groups excluding tert-OH is 1. The molecule has 3 rings (SSSR count). The van der Waals surface area contributed by atoms with E-state index in [1.165, 1.54) is 30.0 Å². The first-order chi connectivity index (χ1) is 15.1. The van der Waals surface area contributed by atoms with E-state index in [1.807, 2.05) is 0 Å². The molecule has 0 aliphatic heterocycles. The summed E-state index contributed by atoms with van der Waals surface area (Å²) in [4.78, 5) is 25.3. The molecular formula is C22H20F4N2O4. The summed E-state index contributed by atoms with van der Waals surface area (Å²) >= 11 is 0. The van der Waals surface area contributed by atoms with E-state index in [4.69, 9.17) is 4.74 Å². The second-order valence-electron chi connectivity index (χ2n) is 7.20. The van der Waals surface area contributed by atoms with Crippen LogP contribution in [-0.4, -0.2) is 29.3 Å². The van der Waals surface area contributed by atoms with Crippen LogP contribution in [0.4, 0.5) is 23.2 Å². The maximum atomic E-state index is 13.8. The SMILES string of the molecule is COc1ccc2c(=O)n(C(C)CO)ccc2c1NC(=O)Cc1ccc(C(F)(F)F)c(F)c1. The van der Waals surface area contributed by atoms with Gasteiger partial charge in [0, 0.05) is 17.0 Å². The van der Waals surface area contributed by atoms with Crippen LogP contribution in [0, 0.1) is 5.82 Å². The maximum Gasteiger partial charge on any atom is 0.419 e. The molecule has 0 aliphatic carbocycles. The zero-order valence-corrected chi connectivity index (χ0v) is 17.2. The summed E-state index contributed by atoms with van der Waals surface area (Å²) in [5, 5.41) is 12.6. The average molecular weight is 452 g/mol. The molecule has 0 bridgehead atoms. The third-order valence-corrected chi connectivity index (χ3v) is 5.00. The number of fused-ring (bicyclic) bond motifs is 1. The molecule has 0 saturated carbocycles. The summed E-state index contributed by atoms with van der Waals surface area (Å²) in [7, 11) is 1.37. The summed E-state index contributed by atoms with van der Waals surface area (Å²) < 4.78 is 58.6. The monoisotopic (exact) mass is 452 g/mol. The van der Waals surface area contributed by atoms with Crippen LogP contribution in [0.1, 0.15) is 24.1 Å². The van der Waals surface area contributed by atoms with Crippen LogP contribution in [-0.2, 0) is 17.4 Å². The molecule has 1 unspecified atom stereocenters. The van der Waals surface area contributed by atoms with Gasteiger partial charge in [-0.2, -0.15) is 13.2 Å². The predicted molar refractivity (Wildman–Crippen MR) is 110 cm³/mol. The molecule has 1 amide bonds. The van der Waals surface area contributed by atoms with Gasteiger partial charge in [-0.1, -0.05) is 6.07 Å². The number of benzene rings is 2. The largest absolute Gasteiger partial charge is 0.495 e. The summed E-state index contributed by atoms with van der Waals surface area (Å²) in [5.74, 6) is -1.84. The van der Waals surface area contributed by atoms with Gasteiger partial charge in [-0.3, -0.25) is 9.59 Å². The van der Waals surface area contributed by atoms with Crippen LogP contribution >= 0.6 is 0 Å². The van der Waals surface area contributed by atoms with Crippen LogP contribution in [0.5, 0.6) is 5.75 Å². The average Bonchev–Trinajstić information content (AvgIpc) is 2.73. The van der Waals surface area contributed by atoms with Crippen molar-refractivity contribution < 1.29 is 32.2 Å². The fourth-order valence-electron chi connectivity index (χ4n) is 3.32. The Morgan fingerprint density at radius 1 is 1.19 bits per heavy atom. The van der Waals surface area contributed by atoms with Crippen molar-refractivity contribution in [3.8, 4) is 5.75 Å². The number of aliphatic hydroxyl groups is 1. The van der Waals surface area contributed by atoms with Gasteiger partial charge in [0.2, 0.25) is 5.91 Å². The van der Waals surface area contributed by atoms with Gasteiger partial charge in [-0.05, 0) is 42.8 Å². The summed E-state index contributed by atoms with van der Waals surface area (Å²) in [6.45, 7) is 1.43. The molecule has 1 atom stereocenters. The first kappa shape index (κ1) is 23.3. The number of carbonyl (C=O) groups is 1. The highest BCUT2D eigenvalue weighted by Crippen LogP contribution is 2.33. The highest BCUT2D eigenvalue weighted by molar-refractivity contribution is 6.04. The number of carbonyl (C=O) groups excluding carboxylic acids is 1. The number of rotatable bonds is 6. The molecule has 0 fully saturated rings. The van der Waals surface area contributed by atoms with E-state index in [-0.39, 0.29) is 34.6 Å². The van der Waals surface area contributed by atoms with Crippen LogP contribution in [0.3, 0.4) is 0 Å². The topological polar surface area (TPSA) is 80.6 Å². The highest BCUT2D eigenvalue weighted by Gasteiger charge is 2.34. The minimum atomic E-state index is -4.83. The molecule has 0 radical (unpaired) electrons. The minimum Gasteiger partial charge on any atom is -0.495 e. The lowest BCUT2D eigenvalue weighted by Gasteiger charge is -2.17. The van der Waals surface area contributed by atoms with Crippen molar-refractivity contribution in [2.75, 3.05) is 19.0 Å². The number of pyridine rings is 1. The molecule has 2 N–H and O–H groups in total. The number of hydrogen-bond acceptors (Lipinski definition) is 4. The van der Waals surface area contributed by atoms with Crippen molar-refractivity contribution in [1.82, 2.24) is 4.57 Å². The number of nitrogens with zero attached hydrogens (tertiary/aromatic N) is 1. The molecule has 10 heteroatoms. The number of methoxy groups -OCH3 is 1. The van der Waals surface area contributed by atoms with Gasteiger partial charge < -0.3 is 19.7 Å². The number of aromatic nitrogens is 1. The fourth-order valence-corrected chi connectivity index (χ4v) is 3.32. The van der Waals surface area contributed by atoms with E-state index in [0.29, 0.717) is 17.5 Å². The van der Waals surface area contributed by atoms with Crippen LogP contribution in [0.25, 0.3) is 10.8 Å². The molecule has 1 heterocycles. The van der Waals surface area contributed by atoms with Crippen molar-refractivity contribution in [2.24, 2.45) is 0 Å². The molecule has 0 saturated heterocycles. The fraction of sp³-hybridized carbons (Fsp3) is 0.273. The van der Waals surface area contributed by atoms with Crippen molar-refractivity contribution >= 4 is 22.4 Å². The molecule has 0 spiro atoms. The van der Waals surface area contributed by atoms with E-state index in [0.717, 1.165) is 6.07 Å². The van der Waals surface area contributed by atoms with Gasteiger partial charge in [0.1, 0.15) is 11.6 Å². The third kappa shape index (κ3) is 4.59. The van der Waals surface area contributed by atoms with Crippen LogP contribution < -0.4 is 15.6 Å². The Morgan fingerprint density at radius 2 is 1.91 bits per heavy atom. The van der Waals surface area contributed by atoms with E-state index in [9.17, 15) is 32.3 Å². The number of ether oxygens (including phenoxy) is 1. The number of anilines is 1. The number of hydrogen-bond donors (Lipinski definition) is 2. The van der Waals surface area contributed by atoms with Crippen molar-refractivity contribution in [2.45, 2.75) is 25.6 Å². The van der Waals surface area contributed by atoms with E-state index in [2.05, 4.69) is 5.32 Å². The van der Waals surface area contributed by atoms with Gasteiger partial charge in [0.25, 0.3) is 5.56 Å². The smallest absolute Gasteiger partial charge is 0.419 e. The van der Waals surface area contributed by atoms with Gasteiger partial charge in [0.05, 0.1) is 37.4 Å². The van der Waals surface area contributed by atoms with Crippen molar-refractivity contribution in [3.63, 3.8) is 0 Å². The Bertz CT molecular complexity index is 1220. The molecule has 1 aromatic heterocycles. The first-order valence-electron chi connectivity index (χ1n) is 9.55. The maximum absolute atomic E-state index is 13.8. The molecule has 170 valence electrons. The lowest BCUT2D eigenvalue weighted by molar-refractivity contribution is -0.140. The Balaban J connectivity index is 1.94. The lowest BCUT2D eigenvalue weighted by Crippen LogP contribution is -2.25. The second kappa shape index (κ2) is 8.99. The van der Waals surface area contributed by atoms with E-state index >= 15 is 0 Å². The molecular weight excluding hydrogens is 432 g/mol. The number of halogens is 4. The summed E-state index contributed by atoms with van der Waals surface area (Å²) in [6, 6.07) is 6.42. The number of nitrogens with one attached hydrogen (secondary N) is 1. The standard InChI is InChI=1S/C22H20F4N2O4/c1-12(11-29)28-8-7-14-15(21(28)31)4-6-18(32-2)20(14)27-19(30)10-13-3-5-16(17(23)9-13)22(24,25)26/h3-9,12,29H,10-11H2,1-2H3,(H,27,30). The van der Waals surface area contributed by atoms with Gasteiger partial charge >= 0.3 is 6.18 Å². The second-order valence-corrected chi connectivity index (χ2v) is 7.20. The third-order valence-electron chi connectivity index (χ3n) is 5.00. The summed E-state index contributed by atoms with van der Waals surface area (Å²) in [5.41, 5.74) is -1.55. The Morgan fingerprint density at radius 3 is 2.50 bits per heavy atom. The molecule has 2 aromatic carbocycles. The Labute approximate surface area is 180 Å². The van der Waals surface area contributed by atoms with Crippen LogP contribution in [0.2, 0.25) is 0 Å². The normalized spacial score (nSPS) is 12.6. The quantitative estimate of drug-likeness (QED) is 0.556. The van der Waals surface area contributed by atoms with Gasteiger partial charge in [0.15, 0.2) is 0 Å². The van der Waals surface area contributed by atoms with Crippen LogP contribution in [0.15, 0.2) is 47.4 Å². The lowest BCUT2D eigenvalue weighted by atomic mass is 10.1. The molecule has 32 heavy (non-hydrogen) atoms. The van der Waals surface area contributed by atoms with Crippen molar-refractivity contribution in [3.05, 3.63) is 69.9 Å². The highest BCUT2D eigenvalue weighted by atomic mass is 19.4. The zero-order chi connectivity index (χ0) is 23.6. The molecule has 6 nitrogen and oxygen atoms in total.